The van der Waals surface area contributed by atoms with Gasteiger partial charge < -0.3 is 14.9 Å². The Kier molecular flexibility index (Phi) is 4.76. The summed E-state index contributed by atoms with van der Waals surface area (Å²) in [6.45, 7) is 0.539. The summed E-state index contributed by atoms with van der Waals surface area (Å²) in [4.78, 5) is 11.3. The number of carboxylic acids is 1. The smallest absolute Gasteiger partial charge is 0.339 e. The largest absolute Gasteiger partial charge is 0.496 e. The van der Waals surface area contributed by atoms with Crippen LogP contribution in [0.15, 0.2) is 48.7 Å². The summed E-state index contributed by atoms with van der Waals surface area (Å²) in [6.07, 6.45) is 1.76. The number of aliphatic hydroxyl groups is 1. The third kappa shape index (κ3) is 3.67. The highest BCUT2D eigenvalue weighted by Crippen LogP contribution is 2.25. The van der Waals surface area contributed by atoms with E-state index in [1.165, 1.54) is 13.2 Å². The highest BCUT2D eigenvalue weighted by molar-refractivity contribution is 5.92. The van der Waals surface area contributed by atoms with Crippen molar-refractivity contribution in [2.24, 2.45) is 0 Å². The zero-order chi connectivity index (χ0) is 17.8. The maximum atomic E-state index is 11.3. The molecule has 1 aromatic heterocycles. The van der Waals surface area contributed by atoms with Crippen LogP contribution in [0.3, 0.4) is 0 Å². The number of carbonyl (C=O) groups is 1. The molecule has 0 bridgehead atoms. The van der Waals surface area contributed by atoms with Gasteiger partial charge in [0.05, 0.1) is 26.5 Å². The molecule has 2 aromatic carbocycles. The van der Waals surface area contributed by atoms with Gasteiger partial charge in [-0.15, -0.1) is 5.10 Å². The Morgan fingerprint density at radius 2 is 1.88 bits per heavy atom. The van der Waals surface area contributed by atoms with Gasteiger partial charge in [-0.2, -0.15) is 0 Å². The fourth-order valence-electron chi connectivity index (χ4n) is 2.48. The SMILES string of the molecule is COc1ccc(-c2cn(Cc3ccc(CO)cc3)nn2)cc1C(=O)O. The Labute approximate surface area is 144 Å². The maximum absolute atomic E-state index is 11.3. The molecule has 0 aliphatic rings. The van der Waals surface area contributed by atoms with Crippen LogP contribution in [0.4, 0.5) is 0 Å². The highest BCUT2D eigenvalue weighted by Gasteiger charge is 2.14. The predicted octanol–water partition coefficient (Wildman–Crippen LogP) is 2.19. The van der Waals surface area contributed by atoms with Crippen molar-refractivity contribution in [3.8, 4) is 17.0 Å². The molecule has 0 atom stereocenters. The minimum Gasteiger partial charge on any atom is -0.496 e. The summed E-state index contributed by atoms with van der Waals surface area (Å²) in [5.41, 5.74) is 3.18. The molecule has 25 heavy (non-hydrogen) atoms. The van der Waals surface area contributed by atoms with Crippen molar-refractivity contribution in [2.75, 3.05) is 7.11 Å². The normalized spacial score (nSPS) is 10.6. The van der Waals surface area contributed by atoms with E-state index < -0.39 is 5.97 Å². The van der Waals surface area contributed by atoms with E-state index in [4.69, 9.17) is 9.84 Å². The second-order valence-corrected chi connectivity index (χ2v) is 5.50. The molecule has 128 valence electrons. The summed E-state index contributed by atoms with van der Waals surface area (Å²) in [5.74, 6) is -0.761. The van der Waals surface area contributed by atoms with Crippen LogP contribution in [0.1, 0.15) is 21.5 Å². The lowest BCUT2D eigenvalue weighted by atomic mass is 10.1. The lowest BCUT2D eigenvalue weighted by Crippen LogP contribution is -2.01. The van der Waals surface area contributed by atoms with E-state index in [1.54, 1.807) is 23.0 Å². The summed E-state index contributed by atoms with van der Waals surface area (Å²) < 4.78 is 6.74. The minimum absolute atomic E-state index is 0.0110. The van der Waals surface area contributed by atoms with Crippen LogP contribution in [0.5, 0.6) is 5.75 Å². The van der Waals surface area contributed by atoms with Crippen LogP contribution in [0.2, 0.25) is 0 Å². The molecule has 0 saturated heterocycles. The average molecular weight is 339 g/mol. The molecule has 0 spiro atoms. The molecule has 0 amide bonds. The Morgan fingerprint density at radius 1 is 1.16 bits per heavy atom. The fraction of sp³-hybridized carbons (Fsp3) is 0.167. The standard InChI is InChI=1S/C18H17N3O4/c1-25-17-7-6-14(8-15(17)18(23)24)16-10-21(20-19-16)9-12-2-4-13(11-22)5-3-12/h2-8,10,22H,9,11H2,1H3,(H,23,24). The molecule has 0 fully saturated rings. The molecule has 3 aromatic rings. The molecule has 0 saturated carbocycles. The molecule has 0 radical (unpaired) electrons. The van der Waals surface area contributed by atoms with Crippen LogP contribution in [-0.4, -0.2) is 38.3 Å². The Bertz CT molecular complexity index is 888. The molecular weight excluding hydrogens is 322 g/mol. The van der Waals surface area contributed by atoms with Crippen molar-refractivity contribution in [3.05, 3.63) is 65.4 Å². The van der Waals surface area contributed by atoms with E-state index in [1.807, 2.05) is 24.3 Å². The summed E-state index contributed by atoms with van der Waals surface area (Å²) >= 11 is 0. The van der Waals surface area contributed by atoms with Gasteiger partial charge in [0.1, 0.15) is 17.0 Å². The maximum Gasteiger partial charge on any atom is 0.339 e. The lowest BCUT2D eigenvalue weighted by molar-refractivity contribution is 0.0693. The highest BCUT2D eigenvalue weighted by atomic mass is 16.5. The van der Waals surface area contributed by atoms with Crippen LogP contribution < -0.4 is 4.74 Å². The molecular formula is C18H17N3O4. The first-order valence-corrected chi connectivity index (χ1v) is 7.61. The third-order valence-corrected chi connectivity index (χ3v) is 3.81. The first-order chi connectivity index (χ1) is 12.1. The van der Waals surface area contributed by atoms with E-state index in [-0.39, 0.29) is 12.2 Å². The molecule has 0 aliphatic carbocycles. The van der Waals surface area contributed by atoms with Crippen LogP contribution in [0.25, 0.3) is 11.3 Å². The molecule has 3 rings (SSSR count). The summed E-state index contributed by atoms with van der Waals surface area (Å²) in [7, 11) is 1.43. The number of aliphatic hydroxyl groups excluding tert-OH is 1. The van der Waals surface area contributed by atoms with Crippen LogP contribution >= 0.6 is 0 Å². The van der Waals surface area contributed by atoms with E-state index in [0.717, 1.165) is 11.1 Å². The number of aromatic nitrogens is 3. The van der Waals surface area contributed by atoms with Gasteiger partial charge in [-0.05, 0) is 29.3 Å². The number of hydrogen-bond donors (Lipinski definition) is 2. The third-order valence-electron chi connectivity index (χ3n) is 3.81. The van der Waals surface area contributed by atoms with Crippen molar-refractivity contribution < 1.29 is 19.7 Å². The Morgan fingerprint density at radius 3 is 2.52 bits per heavy atom. The zero-order valence-corrected chi connectivity index (χ0v) is 13.6. The van der Waals surface area contributed by atoms with E-state index >= 15 is 0 Å². The van der Waals surface area contributed by atoms with Gasteiger partial charge in [0.25, 0.3) is 0 Å². The molecule has 0 unspecified atom stereocenters. The fourth-order valence-corrected chi connectivity index (χ4v) is 2.48. The van der Waals surface area contributed by atoms with Gasteiger partial charge in [-0.3, -0.25) is 0 Å². The number of aromatic carboxylic acids is 1. The number of carboxylic acid groups (broad SMARTS) is 1. The van der Waals surface area contributed by atoms with E-state index in [9.17, 15) is 9.90 Å². The first-order valence-electron chi connectivity index (χ1n) is 7.61. The van der Waals surface area contributed by atoms with Gasteiger partial charge in [-0.1, -0.05) is 29.5 Å². The van der Waals surface area contributed by atoms with E-state index in [2.05, 4.69) is 10.3 Å². The van der Waals surface area contributed by atoms with E-state index in [0.29, 0.717) is 23.6 Å². The predicted molar refractivity (Wildman–Crippen MR) is 90.4 cm³/mol. The van der Waals surface area contributed by atoms with Crippen molar-refractivity contribution in [1.82, 2.24) is 15.0 Å². The summed E-state index contributed by atoms with van der Waals surface area (Å²) in [6, 6.07) is 12.4. The van der Waals surface area contributed by atoms with Crippen molar-refractivity contribution in [3.63, 3.8) is 0 Å². The number of benzene rings is 2. The average Bonchev–Trinajstić information content (AvgIpc) is 3.10. The van der Waals surface area contributed by atoms with Crippen LogP contribution in [0, 0.1) is 0 Å². The molecule has 7 nitrogen and oxygen atoms in total. The van der Waals surface area contributed by atoms with Gasteiger partial charge in [0, 0.05) is 5.56 Å². The number of rotatable bonds is 6. The topological polar surface area (TPSA) is 97.5 Å². The van der Waals surface area contributed by atoms with Crippen LogP contribution in [-0.2, 0) is 13.2 Å². The lowest BCUT2D eigenvalue weighted by Gasteiger charge is -2.06. The molecule has 1 heterocycles. The number of ether oxygens (including phenoxy) is 1. The van der Waals surface area contributed by atoms with Crippen molar-refractivity contribution in [2.45, 2.75) is 13.2 Å². The Hall–Kier alpha value is -3.19. The number of nitrogens with zero attached hydrogens (tertiary/aromatic N) is 3. The minimum atomic E-state index is -1.06. The monoisotopic (exact) mass is 339 g/mol. The van der Waals surface area contributed by atoms with Crippen molar-refractivity contribution in [1.29, 1.82) is 0 Å². The second kappa shape index (κ2) is 7.14. The van der Waals surface area contributed by atoms with Gasteiger partial charge in [0.15, 0.2) is 0 Å². The first kappa shape index (κ1) is 16.7. The van der Waals surface area contributed by atoms with Gasteiger partial charge >= 0.3 is 5.97 Å². The Balaban J connectivity index is 1.83. The molecule has 7 heteroatoms. The number of hydrogen-bond acceptors (Lipinski definition) is 5. The quantitative estimate of drug-likeness (QED) is 0.714. The number of methoxy groups -OCH3 is 1. The van der Waals surface area contributed by atoms with Gasteiger partial charge in [0.2, 0.25) is 0 Å². The second-order valence-electron chi connectivity index (χ2n) is 5.50. The zero-order valence-electron chi connectivity index (χ0n) is 13.6. The van der Waals surface area contributed by atoms with Crippen molar-refractivity contribution >= 4 is 5.97 Å². The molecule has 0 aliphatic heterocycles. The molecule has 2 N–H and O–H groups in total. The van der Waals surface area contributed by atoms with Gasteiger partial charge in [-0.25, -0.2) is 9.48 Å². The summed E-state index contributed by atoms with van der Waals surface area (Å²) in [5, 5.41) is 26.5.